The molecule has 0 saturated carbocycles. The van der Waals surface area contributed by atoms with Crippen LogP contribution in [0.2, 0.25) is 0 Å². The second kappa shape index (κ2) is 8.99. The molecule has 0 aliphatic carbocycles. The molecule has 1 amide bonds. The summed E-state index contributed by atoms with van der Waals surface area (Å²) in [4.78, 5) is 29.7. The molecule has 0 N–H and O–H groups in total. The molecule has 1 saturated heterocycles. The number of nitrogens with zero attached hydrogens (tertiary/aromatic N) is 4. The van der Waals surface area contributed by atoms with E-state index < -0.39 is 0 Å². The van der Waals surface area contributed by atoms with Crippen molar-refractivity contribution in [1.82, 2.24) is 9.78 Å². The van der Waals surface area contributed by atoms with Gasteiger partial charge in [-0.15, -0.1) is 0 Å². The summed E-state index contributed by atoms with van der Waals surface area (Å²) < 4.78 is 1.29. The number of hydrogen-bond acceptors (Lipinski definition) is 4. The Morgan fingerprint density at radius 1 is 0.844 bits per heavy atom. The Kier molecular flexibility index (Phi) is 5.75. The van der Waals surface area contributed by atoms with Gasteiger partial charge < -0.3 is 9.80 Å². The Labute approximate surface area is 188 Å². The van der Waals surface area contributed by atoms with Crippen molar-refractivity contribution in [3.05, 3.63) is 76.6 Å². The molecule has 0 bridgehead atoms. The van der Waals surface area contributed by atoms with E-state index in [1.54, 1.807) is 11.0 Å². The molecule has 0 atom stereocenters. The quantitative estimate of drug-likeness (QED) is 0.633. The molecule has 0 unspecified atom stereocenters. The van der Waals surface area contributed by atoms with Crippen LogP contribution >= 0.6 is 0 Å². The summed E-state index contributed by atoms with van der Waals surface area (Å²) in [6.07, 6.45) is 5.69. The minimum atomic E-state index is -0.266. The number of aromatic nitrogens is 2. The average molecular weight is 429 g/mol. The number of aryl methyl sites for hydroxylation is 1. The number of piperidine rings is 1. The zero-order chi connectivity index (χ0) is 21.9. The van der Waals surface area contributed by atoms with Crippen LogP contribution in [0.5, 0.6) is 0 Å². The van der Waals surface area contributed by atoms with E-state index in [0.717, 1.165) is 37.2 Å². The minimum Gasteiger partial charge on any atom is -0.372 e. The summed E-state index contributed by atoms with van der Waals surface area (Å²) in [7, 11) is 0. The lowest BCUT2D eigenvalue weighted by Crippen LogP contribution is -2.40. The highest BCUT2D eigenvalue weighted by molar-refractivity contribution is 5.94. The van der Waals surface area contributed by atoms with E-state index in [4.69, 9.17) is 0 Å². The van der Waals surface area contributed by atoms with Gasteiger partial charge in [-0.05, 0) is 61.9 Å². The van der Waals surface area contributed by atoms with E-state index in [1.165, 1.54) is 41.3 Å². The van der Waals surface area contributed by atoms with E-state index in [-0.39, 0.29) is 18.0 Å². The third-order valence-electron chi connectivity index (χ3n) is 6.45. The fourth-order valence-corrected chi connectivity index (χ4v) is 4.72. The van der Waals surface area contributed by atoms with Crippen molar-refractivity contribution in [2.24, 2.45) is 0 Å². The van der Waals surface area contributed by atoms with Gasteiger partial charge in [-0.25, -0.2) is 4.68 Å². The maximum Gasteiger partial charge on any atom is 0.267 e. The lowest BCUT2D eigenvalue weighted by molar-refractivity contribution is -0.119. The molecule has 2 aliphatic rings. The van der Waals surface area contributed by atoms with Gasteiger partial charge in [0.1, 0.15) is 6.54 Å². The van der Waals surface area contributed by atoms with Crippen molar-refractivity contribution in [3.8, 4) is 11.3 Å². The summed E-state index contributed by atoms with van der Waals surface area (Å²) in [5.74, 6) is -0.107. The van der Waals surface area contributed by atoms with E-state index in [9.17, 15) is 9.59 Å². The fourth-order valence-electron chi connectivity index (χ4n) is 4.72. The maximum atomic E-state index is 13.1. The number of rotatable bonds is 4. The van der Waals surface area contributed by atoms with Crippen LogP contribution < -0.4 is 15.4 Å². The monoisotopic (exact) mass is 428 g/mol. The number of carbonyl (C=O) groups excluding carboxylic acids is 1. The SMILES string of the molecule is O=C(Cn1nc(-c2ccc(N3CCCCC3)cc2)ccc1=O)N1CCCc2ccccc21. The third kappa shape index (κ3) is 4.17. The molecule has 164 valence electrons. The molecule has 3 aromatic rings. The topological polar surface area (TPSA) is 58.4 Å². The zero-order valence-electron chi connectivity index (χ0n) is 18.2. The smallest absolute Gasteiger partial charge is 0.267 e. The van der Waals surface area contributed by atoms with Crippen molar-refractivity contribution in [1.29, 1.82) is 0 Å². The van der Waals surface area contributed by atoms with Gasteiger partial charge in [0.2, 0.25) is 5.91 Å². The summed E-state index contributed by atoms with van der Waals surface area (Å²) in [5, 5.41) is 4.52. The fraction of sp³-hybridized carbons (Fsp3) is 0.346. The van der Waals surface area contributed by atoms with Crippen LogP contribution in [-0.2, 0) is 17.8 Å². The minimum absolute atomic E-state index is 0.0626. The van der Waals surface area contributed by atoms with Crippen LogP contribution in [0.25, 0.3) is 11.3 Å². The highest BCUT2D eigenvalue weighted by Gasteiger charge is 2.23. The lowest BCUT2D eigenvalue weighted by Gasteiger charge is -2.29. The number of hydrogen-bond donors (Lipinski definition) is 0. The van der Waals surface area contributed by atoms with Crippen LogP contribution in [0.4, 0.5) is 11.4 Å². The number of benzene rings is 2. The van der Waals surface area contributed by atoms with Crippen molar-refractivity contribution in [2.45, 2.75) is 38.6 Å². The van der Waals surface area contributed by atoms with Crippen LogP contribution in [-0.4, -0.2) is 35.3 Å². The lowest BCUT2D eigenvalue weighted by atomic mass is 10.0. The van der Waals surface area contributed by atoms with Crippen molar-refractivity contribution < 1.29 is 4.79 Å². The number of amides is 1. The Morgan fingerprint density at radius 2 is 1.62 bits per heavy atom. The highest BCUT2D eigenvalue weighted by atomic mass is 16.2. The summed E-state index contributed by atoms with van der Waals surface area (Å²) in [5.41, 5.74) is 4.71. The predicted molar refractivity (Wildman–Crippen MR) is 127 cm³/mol. The Bertz CT molecular complexity index is 1160. The molecule has 32 heavy (non-hydrogen) atoms. The number of carbonyl (C=O) groups is 1. The molecular weight excluding hydrogens is 400 g/mol. The molecular formula is C26H28N4O2. The van der Waals surface area contributed by atoms with E-state index >= 15 is 0 Å². The van der Waals surface area contributed by atoms with Crippen molar-refractivity contribution in [3.63, 3.8) is 0 Å². The first kappa shape index (κ1) is 20.5. The Morgan fingerprint density at radius 3 is 2.44 bits per heavy atom. The molecule has 0 radical (unpaired) electrons. The average Bonchev–Trinajstić information content (AvgIpc) is 2.85. The van der Waals surface area contributed by atoms with Gasteiger partial charge >= 0.3 is 0 Å². The van der Waals surface area contributed by atoms with Crippen LogP contribution in [0.3, 0.4) is 0 Å². The summed E-state index contributed by atoms with van der Waals surface area (Å²) in [6.45, 7) is 2.81. The third-order valence-corrected chi connectivity index (χ3v) is 6.45. The van der Waals surface area contributed by atoms with Gasteiger partial charge in [0.25, 0.3) is 5.56 Å². The second-order valence-corrected chi connectivity index (χ2v) is 8.59. The van der Waals surface area contributed by atoms with Crippen LogP contribution in [0.15, 0.2) is 65.5 Å². The highest BCUT2D eigenvalue weighted by Crippen LogP contribution is 2.27. The molecule has 1 fully saturated rings. The van der Waals surface area contributed by atoms with E-state index in [0.29, 0.717) is 12.2 Å². The molecule has 2 aliphatic heterocycles. The summed E-state index contributed by atoms with van der Waals surface area (Å²) >= 11 is 0. The first-order valence-electron chi connectivity index (χ1n) is 11.5. The van der Waals surface area contributed by atoms with Crippen LogP contribution in [0, 0.1) is 0 Å². The van der Waals surface area contributed by atoms with Crippen molar-refractivity contribution in [2.75, 3.05) is 29.4 Å². The Hall–Kier alpha value is -3.41. The molecule has 0 spiro atoms. The van der Waals surface area contributed by atoms with Gasteiger partial charge in [0.05, 0.1) is 5.69 Å². The van der Waals surface area contributed by atoms with Gasteiger partial charge in [-0.1, -0.05) is 30.3 Å². The summed E-state index contributed by atoms with van der Waals surface area (Å²) in [6, 6.07) is 19.5. The molecule has 6 heteroatoms. The molecule has 3 heterocycles. The number of anilines is 2. The van der Waals surface area contributed by atoms with E-state index in [2.05, 4.69) is 28.2 Å². The molecule has 5 rings (SSSR count). The van der Waals surface area contributed by atoms with Gasteiger partial charge in [-0.2, -0.15) is 5.10 Å². The largest absolute Gasteiger partial charge is 0.372 e. The maximum absolute atomic E-state index is 13.1. The van der Waals surface area contributed by atoms with Crippen molar-refractivity contribution >= 4 is 17.3 Å². The van der Waals surface area contributed by atoms with E-state index in [1.807, 2.05) is 30.3 Å². The first-order valence-corrected chi connectivity index (χ1v) is 11.5. The van der Waals surface area contributed by atoms with Gasteiger partial charge in [-0.3, -0.25) is 9.59 Å². The second-order valence-electron chi connectivity index (χ2n) is 8.59. The van der Waals surface area contributed by atoms with Crippen LogP contribution in [0.1, 0.15) is 31.2 Å². The number of para-hydroxylation sites is 1. The van der Waals surface area contributed by atoms with Gasteiger partial charge in [0.15, 0.2) is 0 Å². The number of fused-ring (bicyclic) bond motifs is 1. The zero-order valence-corrected chi connectivity index (χ0v) is 18.2. The Balaban J connectivity index is 1.35. The predicted octanol–water partition coefficient (Wildman–Crippen LogP) is 3.88. The normalized spacial score (nSPS) is 16.0. The molecule has 1 aromatic heterocycles. The molecule has 2 aromatic carbocycles. The first-order chi connectivity index (χ1) is 15.7. The van der Waals surface area contributed by atoms with Gasteiger partial charge in [0, 0.05) is 42.6 Å². The molecule has 6 nitrogen and oxygen atoms in total. The standard InChI is InChI=1S/C26H28N4O2/c31-25-15-14-23(20-10-12-22(13-11-20)28-16-4-1-5-17-28)27-30(25)19-26(32)29-18-6-8-21-7-2-3-9-24(21)29/h2-3,7,9-15H,1,4-6,8,16-19H2.